The van der Waals surface area contributed by atoms with E-state index < -0.39 is 15.9 Å². The van der Waals surface area contributed by atoms with Crippen molar-refractivity contribution in [3.05, 3.63) is 53.6 Å². The van der Waals surface area contributed by atoms with Gasteiger partial charge in [-0.15, -0.1) is 4.83 Å². The van der Waals surface area contributed by atoms with E-state index >= 15 is 0 Å². The van der Waals surface area contributed by atoms with E-state index in [-0.39, 0.29) is 27.9 Å². The predicted molar refractivity (Wildman–Crippen MR) is 116 cm³/mol. The zero-order valence-corrected chi connectivity index (χ0v) is 18.5. The third-order valence-electron chi connectivity index (χ3n) is 5.25. The molecule has 2 aromatic rings. The number of piperazine rings is 1. The van der Waals surface area contributed by atoms with Gasteiger partial charge in [-0.1, -0.05) is 29.8 Å². The average Bonchev–Trinajstić information content (AvgIpc) is 2.71. The van der Waals surface area contributed by atoms with Crippen molar-refractivity contribution in [2.75, 3.05) is 51.8 Å². The molecule has 1 heterocycles. The SMILES string of the molecule is CN1CC[N+](C)(CC(=O)N(NS(=O)(=O)c2ccccc2)c2cc(O)ccc2Cl)CC1. The Kier molecular flexibility index (Phi) is 6.68. The smallest absolute Gasteiger partial charge is 0.297 e. The maximum atomic E-state index is 13.3. The number of hydrogen-bond donors (Lipinski definition) is 2. The minimum absolute atomic E-state index is 0.0130. The first kappa shape index (κ1) is 22.5. The quantitative estimate of drug-likeness (QED) is 0.513. The standard InChI is InChI=1S/C20H25ClN4O4S/c1-23-10-12-25(2,13-11-23)15-20(27)24(19-14-16(26)8-9-18(19)21)22-30(28,29)17-6-4-3-5-7-17/h3-9,14,22H,10-13,15H2,1-2H3/p+1. The number of nitrogens with zero attached hydrogens (tertiary/aromatic N) is 3. The molecule has 0 aliphatic carbocycles. The second-order valence-corrected chi connectivity index (χ2v) is 9.87. The van der Waals surface area contributed by atoms with E-state index in [9.17, 15) is 18.3 Å². The van der Waals surface area contributed by atoms with E-state index in [1.54, 1.807) is 18.2 Å². The molecule has 0 aromatic heterocycles. The molecule has 0 radical (unpaired) electrons. The summed E-state index contributed by atoms with van der Waals surface area (Å²) in [6.07, 6.45) is 0. The Bertz CT molecular complexity index is 1010. The first-order valence-electron chi connectivity index (χ1n) is 9.51. The van der Waals surface area contributed by atoms with Gasteiger partial charge >= 0.3 is 0 Å². The van der Waals surface area contributed by atoms with Gasteiger partial charge in [0.1, 0.15) is 5.75 Å². The van der Waals surface area contributed by atoms with Gasteiger partial charge in [-0.05, 0) is 31.3 Å². The van der Waals surface area contributed by atoms with Crippen LogP contribution in [0.2, 0.25) is 5.02 Å². The van der Waals surface area contributed by atoms with Gasteiger partial charge in [0.25, 0.3) is 15.9 Å². The van der Waals surface area contributed by atoms with Crippen molar-refractivity contribution < 1.29 is 22.8 Å². The summed E-state index contributed by atoms with van der Waals surface area (Å²) in [7, 11) is -0.0550. The van der Waals surface area contributed by atoms with Crippen LogP contribution in [0.3, 0.4) is 0 Å². The van der Waals surface area contributed by atoms with Crippen LogP contribution in [0.15, 0.2) is 53.4 Å². The summed E-state index contributed by atoms with van der Waals surface area (Å²) in [5.74, 6) is -0.597. The van der Waals surface area contributed by atoms with Gasteiger partial charge in [0.05, 0.1) is 35.7 Å². The van der Waals surface area contributed by atoms with E-state index in [0.717, 1.165) is 31.2 Å². The van der Waals surface area contributed by atoms with Crippen LogP contribution in [0.25, 0.3) is 0 Å². The second kappa shape index (κ2) is 8.91. The fourth-order valence-corrected chi connectivity index (χ4v) is 4.55. The number of phenolic OH excluding ortho intramolecular Hbond substituents is 1. The van der Waals surface area contributed by atoms with E-state index in [4.69, 9.17) is 11.6 Å². The van der Waals surface area contributed by atoms with Crippen LogP contribution < -0.4 is 9.84 Å². The summed E-state index contributed by atoms with van der Waals surface area (Å²) in [5.41, 5.74) is 0.0712. The molecular weight excluding hydrogens is 428 g/mol. The Balaban J connectivity index is 1.93. The molecule has 0 unspecified atom stereocenters. The molecule has 8 nitrogen and oxygen atoms in total. The highest BCUT2D eigenvalue weighted by Gasteiger charge is 2.34. The highest BCUT2D eigenvalue weighted by Crippen LogP contribution is 2.30. The first-order valence-corrected chi connectivity index (χ1v) is 11.4. The summed E-state index contributed by atoms with van der Waals surface area (Å²) in [4.78, 5) is 17.9. The van der Waals surface area contributed by atoms with Crippen LogP contribution in [0, 0.1) is 0 Å². The zero-order chi connectivity index (χ0) is 21.9. The lowest BCUT2D eigenvalue weighted by Gasteiger charge is -2.41. The van der Waals surface area contributed by atoms with E-state index in [2.05, 4.69) is 9.73 Å². The largest absolute Gasteiger partial charge is 0.508 e. The number of nitrogens with one attached hydrogen (secondary N) is 1. The van der Waals surface area contributed by atoms with Gasteiger partial charge in [-0.25, -0.2) is 13.4 Å². The number of amides is 1. The summed E-state index contributed by atoms with van der Waals surface area (Å²) in [6.45, 7) is 3.28. The highest BCUT2D eigenvalue weighted by atomic mass is 35.5. The molecule has 0 atom stereocenters. The number of hydrazine groups is 1. The third-order valence-corrected chi connectivity index (χ3v) is 6.88. The van der Waals surface area contributed by atoms with Crippen molar-refractivity contribution in [3.8, 4) is 5.75 Å². The lowest BCUT2D eigenvalue weighted by atomic mass is 10.2. The Labute approximate surface area is 181 Å². The summed E-state index contributed by atoms with van der Waals surface area (Å²) in [5, 5.41) is 11.0. The van der Waals surface area contributed by atoms with Gasteiger partial charge in [0, 0.05) is 19.2 Å². The summed E-state index contributed by atoms with van der Waals surface area (Å²) in [6, 6.07) is 11.8. The number of benzene rings is 2. The molecule has 0 bridgehead atoms. The number of anilines is 1. The summed E-state index contributed by atoms with van der Waals surface area (Å²) < 4.78 is 26.3. The van der Waals surface area contributed by atoms with Crippen molar-refractivity contribution in [2.45, 2.75) is 4.90 Å². The topological polar surface area (TPSA) is 90.0 Å². The van der Waals surface area contributed by atoms with Gasteiger partial charge in [0.2, 0.25) is 0 Å². The highest BCUT2D eigenvalue weighted by molar-refractivity contribution is 7.89. The fourth-order valence-electron chi connectivity index (χ4n) is 3.28. The molecule has 10 heteroatoms. The Morgan fingerprint density at radius 2 is 1.83 bits per heavy atom. The molecule has 1 amide bonds. The molecule has 1 fully saturated rings. The minimum Gasteiger partial charge on any atom is -0.508 e. The lowest BCUT2D eigenvalue weighted by Crippen LogP contribution is -2.61. The molecule has 1 aliphatic heterocycles. The number of carbonyl (C=O) groups excluding carboxylic acids is 1. The van der Waals surface area contributed by atoms with Crippen LogP contribution in [0.5, 0.6) is 5.75 Å². The van der Waals surface area contributed by atoms with Gasteiger partial charge in [-0.3, -0.25) is 9.69 Å². The number of quaternary nitrogens is 1. The fraction of sp³-hybridized carbons (Fsp3) is 0.350. The molecule has 30 heavy (non-hydrogen) atoms. The number of rotatable bonds is 6. The Morgan fingerprint density at radius 3 is 2.47 bits per heavy atom. The van der Waals surface area contributed by atoms with Crippen LogP contribution >= 0.6 is 11.6 Å². The zero-order valence-electron chi connectivity index (χ0n) is 17.0. The third kappa shape index (κ3) is 5.30. The maximum absolute atomic E-state index is 13.3. The van der Waals surface area contributed by atoms with Gasteiger partial charge < -0.3 is 9.59 Å². The first-order chi connectivity index (χ1) is 14.1. The second-order valence-electron chi connectivity index (χ2n) is 7.80. The van der Waals surface area contributed by atoms with E-state index in [0.29, 0.717) is 4.48 Å². The lowest BCUT2D eigenvalue weighted by molar-refractivity contribution is -0.905. The number of sulfonamides is 1. The molecule has 1 aliphatic rings. The van der Waals surface area contributed by atoms with Crippen molar-refractivity contribution in [2.24, 2.45) is 0 Å². The molecule has 2 aromatic carbocycles. The number of halogens is 1. The predicted octanol–water partition coefficient (Wildman–Crippen LogP) is 1.66. The van der Waals surface area contributed by atoms with Crippen LogP contribution in [-0.4, -0.2) is 75.6 Å². The van der Waals surface area contributed by atoms with Gasteiger partial charge in [0.15, 0.2) is 6.54 Å². The molecule has 162 valence electrons. The molecule has 0 spiro atoms. The van der Waals surface area contributed by atoms with E-state index in [1.165, 1.54) is 30.3 Å². The normalized spacial score (nSPS) is 16.9. The Morgan fingerprint density at radius 1 is 1.20 bits per heavy atom. The molecular formula is C20H26ClN4O4S+. The maximum Gasteiger partial charge on any atom is 0.297 e. The monoisotopic (exact) mass is 453 g/mol. The van der Waals surface area contributed by atoms with Crippen molar-refractivity contribution in [3.63, 3.8) is 0 Å². The van der Waals surface area contributed by atoms with Crippen LogP contribution in [-0.2, 0) is 14.8 Å². The van der Waals surface area contributed by atoms with E-state index in [1.807, 2.05) is 14.1 Å². The van der Waals surface area contributed by atoms with Crippen molar-refractivity contribution >= 4 is 33.2 Å². The molecule has 0 saturated carbocycles. The number of aromatic hydroxyl groups is 1. The average molecular weight is 454 g/mol. The Hall–Kier alpha value is -2.17. The van der Waals surface area contributed by atoms with Crippen molar-refractivity contribution in [1.29, 1.82) is 0 Å². The molecule has 2 N–H and O–H groups in total. The summed E-state index contributed by atoms with van der Waals surface area (Å²) >= 11 is 6.25. The van der Waals surface area contributed by atoms with Crippen LogP contribution in [0.1, 0.15) is 0 Å². The number of phenols is 1. The number of carbonyl (C=O) groups is 1. The van der Waals surface area contributed by atoms with Crippen LogP contribution in [0.4, 0.5) is 5.69 Å². The van der Waals surface area contributed by atoms with Crippen molar-refractivity contribution in [1.82, 2.24) is 9.73 Å². The molecule has 3 rings (SSSR count). The minimum atomic E-state index is -4.05. The number of hydrogen-bond acceptors (Lipinski definition) is 5. The number of likely N-dealkylation sites (N-methyl/N-ethyl adjacent to an activating group) is 2. The molecule has 1 saturated heterocycles. The van der Waals surface area contributed by atoms with Gasteiger partial charge in [-0.2, -0.15) is 0 Å².